The molecule has 7 nitrogen and oxygen atoms in total. The highest BCUT2D eigenvalue weighted by atomic mass is 16.5. The van der Waals surface area contributed by atoms with Crippen LogP contribution >= 0.6 is 0 Å². The van der Waals surface area contributed by atoms with Crippen LogP contribution < -0.4 is 19.7 Å². The number of hydrogen-bond acceptors (Lipinski definition) is 5. The van der Waals surface area contributed by atoms with Crippen molar-refractivity contribution in [1.29, 1.82) is 0 Å². The molecule has 1 aliphatic rings. The first-order valence-corrected chi connectivity index (χ1v) is 10.1. The average Bonchev–Trinajstić information content (AvgIpc) is 2.79. The summed E-state index contributed by atoms with van der Waals surface area (Å²) in [5.41, 5.74) is 2.92. The minimum absolute atomic E-state index is 0.0359. The largest absolute Gasteiger partial charge is 0.494 e. The van der Waals surface area contributed by atoms with Gasteiger partial charge in [0.1, 0.15) is 11.5 Å². The number of nitrogens with zero attached hydrogens (tertiary/aromatic N) is 2. The van der Waals surface area contributed by atoms with E-state index in [-0.39, 0.29) is 18.4 Å². The molecule has 0 saturated heterocycles. The minimum atomic E-state index is -0.259. The van der Waals surface area contributed by atoms with Crippen molar-refractivity contribution in [2.24, 2.45) is 0 Å². The van der Waals surface area contributed by atoms with Crippen LogP contribution in [0.5, 0.6) is 11.5 Å². The first-order chi connectivity index (χ1) is 15.1. The molecule has 1 aromatic heterocycles. The Morgan fingerprint density at radius 3 is 2.81 bits per heavy atom. The van der Waals surface area contributed by atoms with Crippen molar-refractivity contribution < 1.29 is 19.1 Å². The lowest BCUT2D eigenvalue weighted by Crippen LogP contribution is -2.39. The number of carbonyl (C=O) groups excluding carboxylic acids is 2. The monoisotopic (exact) mass is 417 g/mol. The molecule has 0 saturated carbocycles. The van der Waals surface area contributed by atoms with Gasteiger partial charge in [-0.05, 0) is 49.7 Å². The fourth-order valence-corrected chi connectivity index (χ4v) is 3.27. The van der Waals surface area contributed by atoms with Crippen LogP contribution in [0.1, 0.15) is 22.3 Å². The highest BCUT2D eigenvalue weighted by Crippen LogP contribution is 2.34. The fourth-order valence-electron chi connectivity index (χ4n) is 3.27. The van der Waals surface area contributed by atoms with E-state index in [1.165, 1.54) is 11.8 Å². The molecule has 31 heavy (non-hydrogen) atoms. The molecule has 2 amide bonds. The highest BCUT2D eigenvalue weighted by molar-refractivity contribution is 6.04. The molecule has 3 aromatic rings. The molecule has 7 heteroatoms. The Kier molecular flexibility index (Phi) is 6.12. The molecular formula is C24H23N3O4. The van der Waals surface area contributed by atoms with Crippen molar-refractivity contribution in [3.05, 3.63) is 78.1 Å². The van der Waals surface area contributed by atoms with E-state index < -0.39 is 0 Å². The molecule has 158 valence electrons. The number of hydrogen-bond donors (Lipinski definition) is 1. The second-order valence-corrected chi connectivity index (χ2v) is 7.23. The van der Waals surface area contributed by atoms with E-state index in [0.717, 1.165) is 5.75 Å². The Morgan fingerprint density at radius 1 is 1.19 bits per heavy atom. The molecule has 0 atom stereocenters. The maximum atomic E-state index is 12.4. The Bertz CT molecular complexity index is 1070. The zero-order chi connectivity index (χ0) is 21.6. The number of fused-ring (bicyclic) bond motifs is 1. The predicted molar refractivity (Wildman–Crippen MR) is 118 cm³/mol. The Labute approximate surface area is 180 Å². The maximum Gasteiger partial charge on any atom is 0.265 e. The maximum absolute atomic E-state index is 12.4. The molecule has 4 rings (SSSR count). The van der Waals surface area contributed by atoms with Crippen LogP contribution in [0.4, 0.5) is 11.4 Å². The van der Waals surface area contributed by atoms with Crippen molar-refractivity contribution in [2.75, 3.05) is 30.0 Å². The third kappa shape index (κ3) is 5.01. The van der Waals surface area contributed by atoms with Crippen LogP contribution in [0.25, 0.3) is 0 Å². The number of aromatic nitrogens is 1. The molecule has 2 heterocycles. The topological polar surface area (TPSA) is 80.8 Å². The molecule has 1 N–H and O–H groups in total. The van der Waals surface area contributed by atoms with E-state index >= 15 is 0 Å². The van der Waals surface area contributed by atoms with Crippen molar-refractivity contribution in [3.63, 3.8) is 0 Å². The quantitative estimate of drug-likeness (QED) is 0.591. The molecule has 0 radical (unpaired) electrons. The van der Waals surface area contributed by atoms with Crippen molar-refractivity contribution in [1.82, 2.24) is 4.98 Å². The summed E-state index contributed by atoms with van der Waals surface area (Å²) in [4.78, 5) is 30.4. The van der Waals surface area contributed by atoms with Gasteiger partial charge in [-0.15, -0.1) is 0 Å². The van der Waals surface area contributed by atoms with E-state index in [1.807, 2.05) is 31.2 Å². The van der Waals surface area contributed by atoms with E-state index in [0.29, 0.717) is 42.3 Å². The third-order valence-electron chi connectivity index (χ3n) is 4.90. The van der Waals surface area contributed by atoms with Crippen molar-refractivity contribution in [2.45, 2.75) is 13.3 Å². The number of rotatable bonds is 7. The third-order valence-corrected chi connectivity index (χ3v) is 4.90. The van der Waals surface area contributed by atoms with Crippen LogP contribution in [0.2, 0.25) is 0 Å². The van der Waals surface area contributed by atoms with E-state index in [2.05, 4.69) is 10.3 Å². The van der Waals surface area contributed by atoms with Crippen molar-refractivity contribution >= 4 is 23.2 Å². The fraction of sp³-hybridized carbons (Fsp3) is 0.208. The van der Waals surface area contributed by atoms with E-state index in [4.69, 9.17) is 9.47 Å². The van der Waals surface area contributed by atoms with Gasteiger partial charge in [0.15, 0.2) is 6.61 Å². The summed E-state index contributed by atoms with van der Waals surface area (Å²) >= 11 is 0. The van der Waals surface area contributed by atoms with Gasteiger partial charge in [0.05, 0.1) is 17.9 Å². The summed E-state index contributed by atoms with van der Waals surface area (Å²) in [5, 5.41) is 2.83. The van der Waals surface area contributed by atoms with Gasteiger partial charge in [0.2, 0.25) is 0 Å². The summed E-state index contributed by atoms with van der Waals surface area (Å²) in [6.07, 6.45) is 3.79. The van der Waals surface area contributed by atoms with Gasteiger partial charge in [-0.1, -0.05) is 17.7 Å². The number of benzene rings is 2. The summed E-state index contributed by atoms with van der Waals surface area (Å²) in [6.45, 7) is 3.01. The van der Waals surface area contributed by atoms with Gasteiger partial charge >= 0.3 is 0 Å². The second-order valence-electron chi connectivity index (χ2n) is 7.23. The first kappa shape index (κ1) is 20.4. The van der Waals surface area contributed by atoms with Gasteiger partial charge in [-0.25, -0.2) is 0 Å². The number of amides is 2. The SMILES string of the molecule is Cc1ccc(OCCCN2C(=O)COc3cc(NC(=O)c4cccnc4)ccc32)cc1. The predicted octanol–water partition coefficient (Wildman–Crippen LogP) is 3.84. The van der Waals surface area contributed by atoms with Gasteiger partial charge < -0.3 is 19.7 Å². The highest BCUT2D eigenvalue weighted by Gasteiger charge is 2.25. The van der Waals surface area contributed by atoms with Gasteiger partial charge in [0.25, 0.3) is 11.8 Å². The molecule has 1 aliphatic heterocycles. The van der Waals surface area contributed by atoms with Crippen molar-refractivity contribution in [3.8, 4) is 11.5 Å². The molecular weight excluding hydrogens is 394 g/mol. The van der Waals surface area contributed by atoms with Gasteiger partial charge in [-0.3, -0.25) is 14.6 Å². The standard InChI is InChI=1S/C24H23N3O4/c1-17-5-8-20(9-6-17)30-13-3-12-27-21-10-7-19(14-22(21)31-16-23(27)28)26-24(29)18-4-2-11-25-15-18/h2,4-11,14-15H,3,12-13,16H2,1H3,(H,26,29). The molecule has 2 aromatic carbocycles. The zero-order valence-electron chi connectivity index (χ0n) is 17.2. The molecule has 0 fully saturated rings. The lowest BCUT2D eigenvalue weighted by atomic mass is 10.2. The number of ether oxygens (including phenoxy) is 2. The molecule has 0 bridgehead atoms. The van der Waals surface area contributed by atoms with Crippen LogP contribution in [-0.4, -0.2) is 36.6 Å². The van der Waals surface area contributed by atoms with Gasteiger partial charge in [-0.2, -0.15) is 0 Å². The first-order valence-electron chi connectivity index (χ1n) is 10.1. The Hall–Kier alpha value is -3.87. The van der Waals surface area contributed by atoms with Crippen LogP contribution in [0, 0.1) is 6.92 Å². The number of carbonyl (C=O) groups is 2. The summed E-state index contributed by atoms with van der Waals surface area (Å²) in [7, 11) is 0. The summed E-state index contributed by atoms with van der Waals surface area (Å²) < 4.78 is 11.4. The summed E-state index contributed by atoms with van der Waals surface area (Å²) in [5.74, 6) is 1.01. The Balaban J connectivity index is 1.38. The van der Waals surface area contributed by atoms with Gasteiger partial charge in [0, 0.05) is 30.7 Å². The summed E-state index contributed by atoms with van der Waals surface area (Å²) in [6, 6.07) is 16.5. The second kappa shape index (κ2) is 9.30. The lowest BCUT2D eigenvalue weighted by Gasteiger charge is -2.29. The van der Waals surface area contributed by atoms with E-state index in [1.54, 1.807) is 41.4 Å². The Morgan fingerprint density at radius 2 is 2.03 bits per heavy atom. The number of pyridine rings is 1. The molecule has 0 spiro atoms. The van der Waals surface area contributed by atoms with Crippen LogP contribution in [-0.2, 0) is 4.79 Å². The number of anilines is 2. The molecule has 0 aliphatic carbocycles. The number of aryl methyl sites for hydroxylation is 1. The van der Waals surface area contributed by atoms with E-state index in [9.17, 15) is 9.59 Å². The van der Waals surface area contributed by atoms with Crippen LogP contribution in [0.15, 0.2) is 67.0 Å². The normalized spacial score (nSPS) is 12.7. The average molecular weight is 417 g/mol. The number of nitrogens with one attached hydrogen (secondary N) is 1. The molecule has 0 unspecified atom stereocenters. The van der Waals surface area contributed by atoms with Crippen LogP contribution in [0.3, 0.4) is 0 Å². The smallest absolute Gasteiger partial charge is 0.265 e. The zero-order valence-corrected chi connectivity index (χ0v) is 17.2. The lowest BCUT2D eigenvalue weighted by molar-refractivity contribution is -0.121. The minimum Gasteiger partial charge on any atom is -0.494 e.